The second-order valence-electron chi connectivity index (χ2n) is 10.0. The van der Waals surface area contributed by atoms with Gasteiger partial charge < -0.3 is 19.3 Å². The van der Waals surface area contributed by atoms with Gasteiger partial charge in [0, 0.05) is 19.6 Å². The largest absolute Gasteiger partial charge is 0.493 e. The Labute approximate surface area is 175 Å². The third kappa shape index (κ3) is 3.55. The summed E-state index contributed by atoms with van der Waals surface area (Å²) < 4.78 is 17.2. The van der Waals surface area contributed by atoms with Gasteiger partial charge in [0.05, 0.1) is 33.0 Å². The number of aliphatic hydroxyl groups excluding tert-OH is 1. The Bertz CT molecular complexity index is 749. The standard InChI is InChI=1S/C24H37NO4/c1-23(2)18-6-8-24(23,3)22(12-18)29-15-19(26)14-25-9-7-16-10-20(27-4)21(28-5)11-17(16)13-25/h10-11,18-19,22,26H,6-9,12-15H2,1-5H3/t18-,19+,22+,24-/m1/s1. The molecule has 0 radical (unpaired) electrons. The van der Waals surface area contributed by atoms with Crippen LogP contribution in [0.5, 0.6) is 11.5 Å². The van der Waals surface area contributed by atoms with Crippen LogP contribution in [0, 0.1) is 16.7 Å². The number of β-amino-alcohol motifs (C(OH)–C–C–N with tert-alkyl or cyclic N) is 1. The minimum atomic E-state index is -0.456. The van der Waals surface area contributed by atoms with Crippen LogP contribution in [0.4, 0.5) is 0 Å². The van der Waals surface area contributed by atoms with Crippen molar-refractivity contribution >= 4 is 0 Å². The van der Waals surface area contributed by atoms with E-state index in [0.29, 0.717) is 18.6 Å². The van der Waals surface area contributed by atoms with Crippen LogP contribution in [0.25, 0.3) is 0 Å². The van der Waals surface area contributed by atoms with Gasteiger partial charge >= 0.3 is 0 Å². The fourth-order valence-corrected chi connectivity index (χ4v) is 6.06. The van der Waals surface area contributed by atoms with Crippen molar-refractivity contribution in [2.45, 2.75) is 65.2 Å². The zero-order valence-electron chi connectivity index (χ0n) is 18.7. The molecule has 0 amide bonds. The molecule has 4 atom stereocenters. The predicted molar refractivity (Wildman–Crippen MR) is 114 cm³/mol. The Morgan fingerprint density at radius 1 is 1.14 bits per heavy atom. The van der Waals surface area contributed by atoms with Crippen molar-refractivity contribution in [1.82, 2.24) is 4.90 Å². The minimum Gasteiger partial charge on any atom is -0.493 e. The number of hydrogen-bond acceptors (Lipinski definition) is 5. The molecule has 1 aromatic carbocycles. The van der Waals surface area contributed by atoms with E-state index in [9.17, 15) is 5.11 Å². The lowest BCUT2D eigenvalue weighted by Gasteiger charge is -2.39. The SMILES string of the molecule is COc1cc2c(cc1OC)CN(C[C@H](O)CO[C@H]1C[C@H]3CC[C@@]1(C)C3(C)C)CC2. The molecule has 2 fully saturated rings. The molecule has 2 bridgehead atoms. The Hall–Kier alpha value is -1.30. The van der Waals surface area contributed by atoms with Gasteiger partial charge in [-0.1, -0.05) is 20.8 Å². The van der Waals surface area contributed by atoms with Gasteiger partial charge in [-0.3, -0.25) is 4.90 Å². The van der Waals surface area contributed by atoms with Gasteiger partial charge in [-0.2, -0.15) is 0 Å². The molecule has 0 spiro atoms. The molecule has 1 aliphatic heterocycles. The monoisotopic (exact) mass is 403 g/mol. The van der Waals surface area contributed by atoms with E-state index in [4.69, 9.17) is 14.2 Å². The van der Waals surface area contributed by atoms with Gasteiger partial charge in [0.15, 0.2) is 11.5 Å². The number of hydrogen-bond donors (Lipinski definition) is 1. The quantitative estimate of drug-likeness (QED) is 0.753. The highest BCUT2D eigenvalue weighted by atomic mass is 16.5. The highest BCUT2D eigenvalue weighted by Gasteiger charge is 2.61. The minimum absolute atomic E-state index is 0.247. The third-order valence-corrected chi connectivity index (χ3v) is 8.47. The van der Waals surface area contributed by atoms with Crippen LogP contribution in [-0.2, 0) is 17.7 Å². The predicted octanol–water partition coefficient (Wildman–Crippen LogP) is 3.65. The van der Waals surface area contributed by atoms with Gasteiger partial charge in [-0.15, -0.1) is 0 Å². The van der Waals surface area contributed by atoms with Crippen molar-refractivity contribution in [3.05, 3.63) is 23.3 Å². The molecule has 5 heteroatoms. The van der Waals surface area contributed by atoms with E-state index in [2.05, 4.69) is 37.8 Å². The van der Waals surface area contributed by atoms with Gasteiger partial charge in [0.2, 0.25) is 0 Å². The fourth-order valence-electron chi connectivity index (χ4n) is 6.06. The molecule has 162 valence electrons. The Balaban J connectivity index is 1.32. The van der Waals surface area contributed by atoms with Crippen LogP contribution in [0.2, 0.25) is 0 Å². The van der Waals surface area contributed by atoms with Gasteiger partial charge in [0.1, 0.15) is 0 Å². The van der Waals surface area contributed by atoms with E-state index in [1.54, 1.807) is 14.2 Å². The fraction of sp³-hybridized carbons (Fsp3) is 0.750. The zero-order chi connectivity index (χ0) is 20.8. The van der Waals surface area contributed by atoms with Crippen LogP contribution in [0.3, 0.4) is 0 Å². The summed E-state index contributed by atoms with van der Waals surface area (Å²) >= 11 is 0. The van der Waals surface area contributed by atoms with Crippen molar-refractivity contribution in [3.63, 3.8) is 0 Å². The topological polar surface area (TPSA) is 51.2 Å². The summed E-state index contributed by atoms with van der Waals surface area (Å²) in [5.74, 6) is 2.32. The lowest BCUT2D eigenvalue weighted by atomic mass is 9.70. The van der Waals surface area contributed by atoms with Crippen LogP contribution >= 0.6 is 0 Å². The molecule has 0 aromatic heterocycles. The first-order valence-electron chi connectivity index (χ1n) is 11.0. The highest BCUT2D eigenvalue weighted by Crippen LogP contribution is 2.66. The maximum atomic E-state index is 10.7. The molecule has 0 saturated heterocycles. The Kier molecular flexibility index (Phi) is 5.60. The number of fused-ring (bicyclic) bond motifs is 3. The summed E-state index contributed by atoms with van der Waals surface area (Å²) in [6, 6.07) is 4.16. The Morgan fingerprint density at radius 2 is 1.83 bits per heavy atom. The summed E-state index contributed by atoms with van der Waals surface area (Å²) in [6.07, 6.45) is 4.51. The molecule has 2 saturated carbocycles. The van der Waals surface area contributed by atoms with E-state index in [-0.39, 0.29) is 11.5 Å². The maximum absolute atomic E-state index is 10.7. The van der Waals surface area contributed by atoms with E-state index in [0.717, 1.165) is 43.3 Å². The molecule has 5 nitrogen and oxygen atoms in total. The number of rotatable bonds is 7. The van der Waals surface area contributed by atoms with E-state index >= 15 is 0 Å². The van der Waals surface area contributed by atoms with Crippen molar-refractivity contribution in [1.29, 1.82) is 0 Å². The molecule has 1 heterocycles. The summed E-state index contributed by atoms with van der Waals surface area (Å²) in [4.78, 5) is 2.31. The van der Waals surface area contributed by atoms with Gasteiger partial charge in [-0.25, -0.2) is 0 Å². The van der Waals surface area contributed by atoms with Crippen LogP contribution in [0.1, 0.15) is 51.2 Å². The van der Waals surface area contributed by atoms with Crippen LogP contribution in [0.15, 0.2) is 12.1 Å². The number of aliphatic hydroxyl groups is 1. The van der Waals surface area contributed by atoms with Crippen LogP contribution < -0.4 is 9.47 Å². The first-order chi connectivity index (χ1) is 13.8. The second kappa shape index (κ2) is 7.75. The number of benzene rings is 1. The lowest BCUT2D eigenvalue weighted by Crippen LogP contribution is -2.41. The van der Waals surface area contributed by atoms with Crippen molar-refractivity contribution in [2.75, 3.05) is 33.9 Å². The zero-order valence-corrected chi connectivity index (χ0v) is 18.7. The molecule has 0 unspecified atom stereocenters. The molecule has 2 aliphatic carbocycles. The summed E-state index contributed by atoms with van der Waals surface area (Å²) in [7, 11) is 3.34. The highest BCUT2D eigenvalue weighted by molar-refractivity contribution is 5.48. The molecule has 3 aliphatic rings. The van der Waals surface area contributed by atoms with Crippen molar-refractivity contribution in [2.24, 2.45) is 16.7 Å². The first kappa shape index (κ1) is 21.0. The molecule has 29 heavy (non-hydrogen) atoms. The molecular formula is C24H37NO4. The summed E-state index contributed by atoms with van der Waals surface area (Å²) in [5, 5.41) is 10.7. The smallest absolute Gasteiger partial charge is 0.161 e. The average molecular weight is 404 g/mol. The lowest BCUT2D eigenvalue weighted by molar-refractivity contribution is -0.0798. The first-order valence-corrected chi connectivity index (χ1v) is 11.0. The summed E-state index contributed by atoms with van der Waals surface area (Å²) in [5.41, 5.74) is 3.15. The van der Waals surface area contributed by atoms with E-state index in [1.807, 2.05) is 0 Å². The van der Waals surface area contributed by atoms with Crippen molar-refractivity contribution < 1.29 is 19.3 Å². The Morgan fingerprint density at radius 3 is 2.41 bits per heavy atom. The van der Waals surface area contributed by atoms with E-state index in [1.165, 1.54) is 24.0 Å². The number of ether oxygens (including phenoxy) is 3. The summed E-state index contributed by atoms with van der Waals surface area (Å²) in [6.45, 7) is 10.0. The molecule has 1 N–H and O–H groups in total. The van der Waals surface area contributed by atoms with E-state index < -0.39 is 6.10 Å². The maximum Gasteiger partial charge on any atom is 0.161 e. The van der Waals surface area contributed by atoms with Crippen LogP contribution in [-0.4, -0.2) is 56.1 Å². The van der Waals surface area contributed by atoms with Gasteiger partial charge in [-0.05, 0) is 65.7 Å². The normalized spacial score (nSPS) is 31.5. The average Bonchev–Trinajstić information content (AvgIpc) is 3.04. The van der Waals surface area contributed by atoms with Gasteiger partial charge in [0.25, 0.3) is 0 Å². The number of nitrogens with zero attached hydrogens (tertiary/aromatic N) is 1. The number of methoxy groups -OCH3 is 2. The molecule has 4 rings (SSSR count). The van der Waals surface area contributed by atoms with Crippen molar-refractivity contribution in [3.8, 4) is 11.5 Å². The second-order valence-corrected chi connectivity index (χ2v) is 10.0. The third-order valence-electron chi connectivity index (χ3n) is 8.47. The molecule has 1 aromatic rings. The molecular weight excluding hydrogens is 366 g/mol.